The first kappa shape index (κ1) is 19.2. The largest absolute Gasteiger partial charge is 0.449 e. The highest BCUT2D eigenvalue weighted by Crippen LogP contribution is 2.29. The van der Waals surface area contributed by atoms with Crippen LogP contribution in [0.1, 0.15) is 30.1 Å². The standard InChI is InChI=1S/C16H23N3O5S/c1-11(15(17)20)24-16(21)13-10-12(25(22,23)18(2)3)6-7-14(13)19-8-4-5-9-19/h6-7,10-11H,4-5,8-9H2,1-3H3,(H2,17,20)/t11-/m0/s1. The Labute approximate surface area is 147 Å². The number of benzene rings is 1. The second-order valence-corrected chi connectivity index (χ2v) is 8.26. The molecular formula is C16H23N3O5S. The smallest absolute Gasteiger partial charge is 0.341 e. The minimum Gasteiger partial charge on any atom is -0.449 e. The Kier molecular flexibility index (Phi) is 5.69. The maximum Gasteiger partial charge on any atom is 0.341 e. The van der Waals surface area contributed by atoms with E-state index in [2.05, 4.69) is 0 Å². The van der Waals surface area contributed by atoms with E-state index in [1.165, 1.54) is 33.2 Å². The molecule has 0 aromatic heterocycles. The first-order valence-corrected chi connectivity index (χ1v) is 9.40. The van der Waals surface area contributed by atoms with Crippen LogP contribution in [0.25, 0.3) is 0 Å². The van der Waals surface area contributed by atoms with Gasteiger partial charge in [-0.25, -0.2) is 17.5 Å². The van der Waals surface area contributed by atoms with E-state index in [0.717, 1.165) is 30.2 Å². The lowest BCUT2D eigenvalue weighted by Gasteiger charge is -2.22. The van der Waals surface area contributed by atoms with Crippen LogP contribution in [0.3, 0.4) is 0 Å². The third kappa shape index (κ3) is 4.10. The van der Waals surface area contributed by atoms with Crippen LogP contribution < -0.4 is 10.6 Å². The van der Waals surface area contributed by atoms with Crippen LogP contribution in [0, 0.1) is 0 Å². The molecule has 0 saturated carbocycles. The van der Waals surface area contributed by atoms with Crippen LogP contribution in [0.5, 0.6) is 0 Å². The average molecular weight is 369 g/mol. The minimum absolute atomic E-state index is 0.0147. The van der Waals surface area contributed by atoms with E-state index in [9.17, 15) is 18.0 Å². The zero-order valence-corrected chi connectivity index (χ0v) is 15.4. The Morgan fingerprint density at radius 1 is 1.24 bits per heavy atom. The van der Waals surface area contributed by atoms with Gasteiger partial charge in [0.05, 0.1) is 16.1 Å². The number of carbonyl (C=O) groups excluding carboxylic acids is 2. The molecule has 1 saturated heterocycles. The van der Waals surface area contributed by atoms with Crippen molar-refractivity contribution in [3.63, 3.8) is 0 Å². The molecule has 1 amide bonds. The molecule has 0 radical (unpaired) electrons. The highest BCUT2D eigenvalue weighted by atomic mass is 32.2. The van der Waals surface area contributed by atoms with Crippen molar-refractivity contribution < 1.29 is 22.7 Å². The zero-order valence-electron chi connectivity index (χ0n) is 14.6. The quantitative estimate of drug-likeness (QED) is 0.734. The molecule has 8 nitrogen and oxygen atoms in total. The Morgan fingerprint density at radius 3 is 2.36 bits per heavy atom. The van der Waals surface area contributed by atoms with E-state index in [4.69, 9.17) is 10.5 Å². The van der Waals surface area contributed by atoms with E-state index < -0.39 is 28.0 Å². The van der Waals surface area contributed by atoms with Crippen molar-refractivity contribution in [2.75, 3.05) is 32.1 Å². The van der Waals surface area contributed by atoms with Gasteiger partial charge in [-0.3, -0.25) is 4.79 Å². The van der Waals surface area contributed by atoms with Gasteiger partial charge in [0.15, 0.2) is 6.10 Å². The number of anilines is 1. The Balaban J connectivity index is 2.47. The van der Waals surface area contributed by atoms with Crippen LogP contribution in [0.4, 0.5) is 5.69 Å². The first-order chi connectivity index (χ1) is 11.6. The van der Waals surface area contributed by atoms with Crippen molar-refractivity contribution in [2.45, 2.75) is 30.8 Å². The molecule has 1 heterocycles. The van der Waals surface area contributed by atoms with Gasteiger partial charge in [-0.2, -0.15) is 0 Å². The van der Waals surface area contributed by atoms with Gasteiger partial charge in [0.2, 0.25) is 10.0 Å². The van der Waals surface area contributed by atoms with Crippen LogP contribution in [0.15, 0.2) is 23.1 Å². The van der Waals surface area contributed by atoms with Gasteiger partial charge in [0, 0.05) is 27.2 Å². The van der Waals surface area contributed by atoms with Gasteiger partial charge >= 0.3 is 5.97 Å². The van der Waals surface area contributed by atoms with Crippen LogP contribution >= 0.6 is 0 Å². The van der Waals surface area contributed by atoms with Crippen molar-refractivity contribution in [1.82, 2.24) is 4.31 Å². The van der Waals surface area contributed by atoms with Crippen molar-refractivity contribution in [3.8, 4) is 0 Å². The lowest BCUT2D eigenvalue weighted by molar-refractivity contribution is -0.125. The fourth-order valence-corrected chi connectivity index (χ4v) is 3.49. The number of nitrogens with zero attached hydrogens (tertiary/aromatic N) is 2. The monoisotopic (exact) mass is 369 g/mol. The van der Waals surface area contributed by atoms with Gasteiger partial charge in [0.1, 0.15) is 0 Å². The van der Waals surface area contributed by atoms with E-state index in [-0.39, 0.29) is 10.5 Å². The normalized spacial score (nSPS) is 16.1. The summed E-state index contributed by atoms with van der Waals surface area (Å²) in [6.45, 7) is 2.91. The molecule has 1 aliphatic rings. The van der Waals surface area contributed by atoms with E-state index in [0.29, 0.717) is 5.69 Å². The van der Waals surface area contributed by atoms with Crippen LogP contribution in [0.2, 0.25) is 0 Å². The first-order valence-electron chi connectivity index (χ1n) is 7.96. The predicted octanol–water partition coefficient (Wildman–Crippen LogP) is 0.568. The van der Waals surface area contributed by atoms with E-state index >= 15 is 0 Å². The Morgan fingerprint density at radius 2 is 1.84 bits per heavy atom. The van der Waals surface area contributed by atoms with Gasteiger partial charge in [0.25, 0.3) is 5.91 Å². The van der Waals surface area contributed by atoms with Gasteiger partial charge in [-0.15, -0.1) is 0 Å². The average Bonchev–Trinajstić information content (AvgIpc) is 3.08. The summed E-state index contributed by atoms with van der Waals surface area (Å²) in [7, 11) is -0.875. The predicted molar refractivity (Wildman–Crippen MR) is 92.8 cm³/mol. The second-order valence-electron chi connectivity index (χ2n) is 6.11. The molecule has 1 fully saturated rings. The number of carbonyl (C=O) groups is 2. The van der Waals surface area contributed by atoms with Crippen molar-refractivity contribution in [1.29, 1.82) is 0 Å². The molecule has 0 bridgehead atoms. The molecule has 0 aliphatic carbocycles. The fourth-order valence-electron chi connectivity index (χ4n) is 2.57. The fraction of sp³-hybridized carbons (Fsp3) is 0.500. The summed E-state index contributed by atoms with van der Waals surface area (Å²) < 4.78 is 30.9. The third-order valence-electron chi connectivity index (χ3n) is 4.10. The maximum absolute atomic E-state index is 12.5. The minimum atomic E-state index is -3.70. The number of hydrogen-bond acceptors (Lipinski definition) is 6. The number of hydrogen-bond donors (Lipinski definition) is 1. The molecule has 1 aromatic carbocycles. The lowest BCUT2D eigenvalue weighted by atomic mass is 10.1. The number of ether oxygens (including phenoxy) is 1. The lowest BCUT2D eigenvalue weighted by Crippen LogP contribution is -2.31. The summed E-state index contributed by atoms with van der Waals surface area (Å²) >= 11 is 0. The molecule has 25 heavy (non-hydrogen) atoms. The summed E-state index contributed by atoms with van der Waals surface area (Å²) in [4.78, 5) is 25.7. The van der Waals surface area contributed by atoms with Crippen molar-refractivity contribution in [3.05, 3.63) is 23.8 Å². The molecule has 1 aliphatic heterocycles. The molecule has 2 rings (SSSR count). The molecule has 1 atom stereocenters. The number of sulfonamides is 1. The molecule has 0 unspecified atom stereocenters. The number of primary amides is 1. The SMILES string of the molecule is C[C@H](OC(=O)c1cc(S(=O)(=O)N(C)C)ccc1N1CCCC1)C(N)=O. The summed E-state index contributed by atoms with van der Waals surface area (Å²) in [5.74, 6) is -1.54. The Hall–Kier alpha value is -2.13. The van der Waals surface area contributed by atoms with E-state index in [1.54, 1.807) is 6.07 Å². The highest BCUT2D eigenvalue weighted by molar-refractivity contribution is 7.89. The highest BCUT2D eigenvalue weighted by Gasteiger charge is 2.26. The summed E-state index contributed by atoms with van der Waals surface area (Å²) in [5.41, 5.74) is 5.84. The number of nitrogens with two attached hydrogens (primary N) is 1. The second kappa shape index (κ2) is 7.40. The van der Waals surface area contributed by atoms with Gasteiger partial charge in [-0.05, 0) is 38.0 Å². The molecule has 2 N–H and O–H groups in total. The topological polar surface area (TPSA) is 110 Å². The number of rotatable bonds is 6. The molecular weight excluding hydrogens is 346 g/mol. The summed E-state index contributed by atoms with van der Waals surface area (Å²) in [5, 5.41) is 0. The van der Waals surface area contributed by atoms with Gasteiger partial charge in [-0.1, -0.05) is 0 Å². The summed E-state index contributed by atoms with van der Waals surface area (Å²) in [6.07, 6.45) is 0.876. The third-order valence-corrected chi connectivity index (χ3v) is 5.91. The van der Waals surface area contributed by atoms with Gasteiger partial charge < -0.3 is 15.4 Å². The summed E-state index contributed by atoms with van der Waals surface area (Å²) in [6, 6.07) is 4.36. The van der Waals surface area contributed by atoms with Crippen LogP contribution in [-0.2, 0) is 19.6 Å². The molecule has 9 heteroatoms. The Bertz CT molecular complexity index is 770. The zero-order chi connectivity index (χ0) is 18.8. The maximum atomic E-state index is 12.5. The molecule has 0 spiro atoms. The number of esters is 1. The van der Waals surface area contributed by atoms with Crippen molar-refractivity contribution >= 4 is 27.6 Å². The van der Waals surface area contributed by atoms with E-state index in [1.807, 2.05) is 4.90 Å². The molecule has 138 valence electrons. The number of amides is 1. The van der Waals surface area contributed by atoms with Crippen molar-refractivity contribution in [2.24, 2.45) is 5.73 Å². The molecule has 1 aromatic rings. The van der Waals surface area contributed by atoms with Crippen LogP contribution in [-0.4, -0.2) is 57.9 Å².